The molecule has 8 heteroatoms. The summed E-state index contributed by atoms with van der Waals surface area (Å²) in [6, 6.07) is 31.3. The van der Waals surface area contributed by atoms with E-state index in [4.69, 9.17) is 4.74 Å². The lowest BCUT2D eigenvalue weighted by Gasteiger charge is -2.23. The van der Waals surface area contributed by atoms with Gasteiger partial charge in [0.1, 0.15) is 11.6 Å². The van der Waals surface area contributed by atoms with Crippen LogP contribution >= 0.6 is 0 Å². The molecule has 4 aromatic carbocycles. The lowest BCUT2D eigenvalue weighted by atomic mass is 9.99. The van der Waals surface area contributed by atoms with Gasteiger partial charge in [0.25, 0.3) is 5.91 Å². The molecule has 1 N–H and O–H groups in total. The molecular formula is C29H27FN2O4S. The van der Waals surface area contributed by atoms with Crippen LogP contribution in [0.3, 0.4) is 0 Å². The van der Waals surface area contributed by atoms with E-state index in [0.29, 0.717) is 11.4 Å². The highest BCUT2D eigenvalue weighted by atomic mass is 32.2. The summed E-state index contributed by atoms with van der Waals surface area (Å²) in [6.07, 6.45) is 1.07. The number of amides is 1. The molecule has 0 aliphatic rings. The second kappa shape index (κ2) is 11.7. The Morgan fingerprint density at radius 1 is 0.838 bits per heavy atom. The Morgan fingerprint density at radius 3 is 1.92 bits per heavy atom. The lowest BCUT2D eigenvalue weighted by Crippen LogP contribution is -2.33. The zero-order chi connectivity index (χ0) is 26.3. The smallest absolute Gasteiger partial charge is 0.258 e. The van der Waals surface area contributed by atoms with E-state index in [1.807, 2.05) is 60.7 Å². The Morgan fingerprint density at radius 2 is 1.38 bits per heavy atom. The predicted molar refractivity (Wildman–Crippen MR) is 142 cm³/mol. The first-order chi connectivity index (χ1) is 17.8. The predicted octanol–water partition coefficient (Wildman–Crippen LogP) is 5.08. The van der Waals surface area contributed by atoms with Crippen molar-refractivity contribution in [3.8, 4) is 5.75 Å². The maximum absolute atomic E-state index is 14.1. The van der Waals surface area contributed by atoms with Gasteiger partial charge in [0.05, 0.1) is 24.5 Å². The number of rotatable bonds is 10. The minimum absolute atomic E-state index is 0.144. The monoisotopic (exact) mass is 518 g/mol. The zero-order valence-corrected chi connectivity index (χ0v) is 21.1. The summed E-state index contributed by atoms with van der Waals surface area (Å²) in [6.45, 7) is -0.366. The van der Waals surface area contributed by atoms with Crippen molar-refractivity contribution in [3.63, 3.8) is 0 Å². The molecule has 0 bridgehead atoms. The fourth-order valence-electron chi connectivity index (χ4n) is 3.89. The third kappa shape index (κ3) is 6.95. The van der Waals surface area contributed by atoms with Crippen LogP contribution < -0.4 is 14.4 Å². The zero-order valence-electron chi connectivity index (χ0n) is 20.3. The molecule has 4 aromatic rings. The Bertz CT molecular complexity index is 1390. The van der Waals surface area contributed by atoms with E-state index in [1.54, 1.807) is 42.5 Å². The number of sulfonamides is 1. The lowest BCUT2D eigenvalue weighted by molar-refractivity contribution is -0.123. The van der Waals surface area contributed by atoms with Crippen LogP contribution in [0.5, 0.6) is 5.75 Å². The van der Waals surface area contributed by atoms with Crippen molar-refractivity contribution in [2.24, 2.45) is 0 Å². The maximum atomic E-state index is 14.1. The van der Waals surface area contributed by atoms with Crippen molar-refractivity contribution in [1.29, 1.82) is 0 Å². The van der Waals surface area contributed by atoms with Crippen LogP contribution in [0, 0.1) is 5.82 Å². The van der Waals surface area contributed by atoms with Gasteiger partial charge in [-0.15, -0.1) is 0 Å². The molecule has 0 spiro atoms. The number of nitrogens with one attached hydrogen (secondary N) is 1. The molecule has 190 valence electrons. The number of halogens is 1. The van der Waals surface area contributed by atoms with Crippen molar-refractivity contribution in [1.82, 2.24) is 5.32 Å². The summed E-state index contributed by atoms with van der Waals surface area (Å²) < 4.78 is 45.7. The van der Waals surface area contributed by atoms with Gasteiger partial charge in [0.2, 0.25) is 10.0 Å². The van der Waals surface area contributed by atoms with Gasteiger partial charge in [-0.3, -0.25) is 9.10 Å². The first kappa shape index (κ1) is 25.9. The molecule has 37 heavy (non-hydrogen) atoms. The average Bonchev–Trinajstić information content (AvgIpc) is 2.91. The Labute approximate surface area is 216 Å². The molecule has 0 heterocycles. The van der Waals surface area contributed by atoms with Gasteiger partial charge < -0.3 is 10.1 Å². The van der Waals surface area contributed by atoms with Gasteiger partial charge in [-0.1, -0.05) is 78.9 Å². The Kier molecular flexibility index (Phi) is 8.20. The largest absolute Gasteiger partial charge is 0.484 e. The summed E-state index contributed by atoms with van der Waals surface area (Å²) in [5.74, 6) is -0.389. The van der Waals surface area contributed by atoms with Crippen molar-refractivity contribution >= 4 is 21.6 Å². The molecule has 0 saturated heterocycles. The molecule has 0 aromatic heterocycles. The first-order valence-electron chi connectivity index (χ1n) is 11.6. The number of anilines is 1. The number of hydrogen-bond donors (Lipinski definition) is 1. The van der Waals surface area contributed by atoms with Crippen LogP contribution in [-0.4, -0.2) is 27.2 Å². The number of nitrogens with zero attached hydrogens (tertiary/aromatic N) is 1. The fourth-order valence-corrected chi connectivity index (χ4v) is 4.77. The van der Waals surface area contributed by atoms with Crippen LogP contribution in [-0.2, 0) is 21.4 Å². The van der Waals surface area contributed by atoms with E-state index in [0.717, 1.165) is 21.7 Å². The SMILES string of the molecule is CS(=O)(=O)N(Cc1ccccc1F)c1ccc(OCC(=O)NC(c2ccccc2)c2ccccc2)cc1. The van der Waals surface area contributed by atoms with Gasteiger partial charge in [0.15, 0.2) is 6.61 Å². The van der Waals surface area contributed by atoms with Crippen molar-refractivity contribution in [3.05, 3.63) is 132 Å². The number of hydrogen-bond acceptors (Lipinski definition) is 4. The van der Waals surface area contributed by atoms with E-state index >= 15 is 0 Å². The minimum Gasteiger partial charge on any atom is -0.484 e. The third-order valence-electron chi connectivity index (χ3n) is 5.74. The number of benzene rings is 4. The van der Waals surface area contributed by atoms with Crippen LogP contribution in [0.4, 0.5) is 10.1 Å². The summed E-state index contributed by atoms with van der Waals surface area (Å²) in [7, 11) is -3.68. The van der Waals surface area contributed by atoms with Crippen LogP contribution in [0.25, 0.3) is 0 Å². The maximum Gasteiger partial charge on any atom is 0.258 e. The molecule has 0 aliphatic carbocycles. The average molecular weight is 519 g/mol. The quantitative estimate of drug-likeness (QED) is 0.318. The van der Waals surface area contributed by atoms with Gasteiger partial charge in [0, 0.05) is 5.56 Å². The van der Waals surface area contributed by atoms with Crippen molar-refractivity contribution < 1.29 is 22.3 Å². The van der Waals surface area contributed by atoms with Gasteiger partial charge in [-0.05, 0) is 41.5 Å². The molecule has 1 amide bonds. The molecule has 0 unspecified atom stereocenters. The van der Waals surface area contributed by atoms with E-state index in [2.05, 4.69) is 5.32 Å². The topological polar surface area (TPSA) is 75.7 Å². The van der Waals surface area contributed by atoms with E-state index < -0.39 is 15.8 Å². The van der Waals surface area contributed by atoms with Gasteiger partial charge >= 0.3 is 0 Å². The number of ether oxygens (including phenoxy) is 1. The van der Waals surface area contributed by atoms with Gasteiger partial charge in [-0.25, -0.2) is 12.8 Å². The summed E-state index contributed by atoms with van der Waals surface area (Å²) in [5, 5.41) is 3.01. The molecule has 4 rings (SSSR count). The molecule has 0 aliphatic heterocycles. The van der Waals surface area contributed by atoms with Crippen molar-refractivity contribution in [2.45, 2.75) is 12.6 Å². The second-order valence-electron chi connectivity index (χ2n) is 8.47. The second-order valence-corrected chi connectivity index (χ2v) is 10.4. The molecule has 6 nitrogen and oxygen atoms in total. The third-order valence-corrected chi connectivity index (χ3v) is 6.88. The molecule has 0 fully saturated rings. The summed E-state index contributed by atoms with van der Waals surface area (Å²) in [4.78, 5) is 12.8. The molecule has 0 saturated carbocycles. The van der Waals surface area contributed by atoms with Crippen molar-refractivity contribution in [2.75, 3.05) is 17.2 Å². The van der Waals surface area contributed by atoms with E-state index in [-0.39, 0.29) is 30.7 Å². The summed E-state index contributed by atoms with van der Waals surface area (Å²) >= 11 is 0. The van der Waals surface area contributed by atoms with Crippen LogP contribution in [0.2, 0.25) is 0 Å². The number of carbonyl (C=O) groups excluding carboxylic acids is 1. The molecule has 0 atom stereocenters. The highest BCUT2D eigenvalue weighted by Crippen LogP contribution is 2.25. The Balaban J connectivity index is 1.43. The normalized spacial score (nSPS) is 11.2. The highest BCUT2D eigenvalue weighted by Gasteiger charge is 2.20. The highest BCUT2D eigenvalue weighted by molar-refractivity contribution is 7.92. The minimum atomic E-state index is -3.68. The van der Waals surface area contributed by atoms with Crippen LogP contribution in [0.1, 0.15) is 22.7 Å². The van der Waals surface area contributed by atoms with E-state index in [1.165, 1.54) is 6.07 Å². The van der Waals surface area contributed by atoms with Crippen LogP contribution in [0.15, 0.2) is 109 Å². The first-order valence-corrected chi connectivity index (χ1v) is 13.5. The Hall–Kier alpha value is -4.17. The fraction of sp³-hybridized carbons (Fsp3) is 0.138. The van der Waals surface area contributed by atoms with E-state index in [9.17, 15) is 17.6 Å². The molecular weight excluding hydrogens is 491 g/mol. The molecule has 0 radical (unpaired) electrons. The summed E-state index contributed by atoms with van der Waals surface area (Å²) in [5.41, 5.74) is 2.51. The standard InChI is InChI=1S/C29H27FN2O4S/c1-37(34,35)32(20-24-14-8-9-15-27(24)30)25-16-18-26(19-17-25)36-21-28(33)31-29(22-10-4-2-5-11-22)23-12-6-3-7-13-23/h2-19,29H,20-21H2,1H3,(H,31,33). The number of carbonyl (C=O) groups is 1. The van der Waals surface area contributed by atoms with Gasteiger partial charge in [-0.2, -0.15) is 0 Å².